The molecule has 0 unspecified atom stereocenters. The van der Waals surface area contributed by atoms with E-state index >= 15 is 0 Å². The number of aromatic carboxylic acids is 1. The average Bonchev–Trinajstić information content (AvgIpc) is 2.67. The van der Waals surface area contributed by atoms with Gasteiger partial charge >= 0.3 is 5.97 Å². The highest BCUT2D eigenvalue weighted by molar-refractivity contribution is 5.93. The Morgan fingerprint density at radius 3 is 2.80 bits per heavy atom. The summed E-state index contributed by atoms with van der Waals surface area (Å²) in [5, 5.41) is 12.3. The van der Waals surface area contributed by atoms with Crippen molar-refractivity contribution in [1.82, 2.24) is 10.1 Å². The molecule has 0 fully saturated rings. The normalized spacial score (nSPS) is 10.2. The molecule has 2 rings (SSSR count). The van der Waals surface area contributed by atoms with Crippen LogP contribution in [0.5, 0.6) is 0 Å². The monoisotopic (exact) mass is 204 g/mol. The summed E-state index contributed by atoms with van der Waals surface area (Å²) in [7, 11) is 0. The fourth-order valence-corrected chi connectivity index (χ4v) is 1.18. The molecule has 0 spiro atoms. The van der Waals surface area contributed by atoms with Crippen LogP contribution in [0.4, 0.5) is 0 Å². The van der Waals surface area contributed by atoms with Gasteiger partial charge in [-0.15, -0.1) is 0 Å². The maximum atomic E-state index is 10.8. The molecule has 2 aromatic heterocycles. The molecule has 5 heteroatoms. The van der Waals surface area contributed by atoms with E-state index in [2.05, 4.69) is 10.1 Å². The molecule has 2 heterocycles. The van der Waals surface area contributed by atoms with Crippen LogP contribution < -0.4 is 0 Å². The van der Waals surface area contributed by atoms with Crippen LogP contribution in [0.1, 0.15) is 15.9 Å². The van der Waals surface area contributed by atoms with Gasteiger partial charge in [0.25, 0.3) is 0 Å². The maximum absolute atomic E-state index is 10.8. The van der Waals surface area contributed by atoms with Crippen molar-refractivity contribution in [3.63, 3.8) is 0 Å². The van der Waals surface area contributed by atoms with Crippen molar-refractivity contribution in [2.45, 2.75) is 6.92 Å². The van der Waals surface area contributed by atoms with Crippen LogP contribution in [0.3, 0.4) is 0 Å². The Morgan fingerprint density at radius 1 is 1.40 bits per heavy atom. The maximum Gasteiger partial charge on any atom is 0.341 e. The quantitative estimate of drug-likeness (QED) is 0.806. The molecule has 0 radical (unpaired) electrons. The molecule has 0 aliphatic carbocycles. The van der Waals surface area contributed by atoms with Gasteiger partial charge in [0, 0.05) is 6.20 Å². The molecule has 0 amide bonds. The number of hydrogen-bond donors (Lipinski definition) is 1. The Balaban J connectivity index is 2.49. The first kappa shape index (κ1) is 9.39. The van der Waals surface area contributed by atoms with Gasteiger partial charge in [-0.05, 0) is 18.6 Å². The molecule has 15 heavy (non-hydrogen) atoms. The van der Waals surface area contributed by atoms with Crippen LogP contribution in [-0.4, -0.2) is 21.2 Å². The largest absolute Gasteiger partial charge is 0.477 e. The summed E-state index contributed by atoms with van der Waals surface area (Å²) in [4.78, 5) is 14.9. The molecular formula is C10H8N2O3. The van der Waals surface area contributed by atoms with E-state index in [-0.39, 0.29) is 11.3 Å². The SMILES string of the molecule is Cc1ccc(-c2oncc2C(=O)O)nc1. The van der Waals surface area contributed by atoms with Crippen LogP contribution in [0, 0.1) is 6.92 Å². The van der Waals surface area contributed by atoms with Crippen LogP contribution in [0.2, 0.25) is 0 Å². The number of aromatic nitrogens is 2. The zero-order valence-corrected chi connectivity index (χ0v) is 7.97. The van der Waals surface area contributed by atoms with Crippen molar-refractivity contribution in [2.75, 3.05) is 0 Å². The summed E-state index contributed by atoms with van der Waals surface area (Å²) in [6.07, 6.45) is 2.81. The molecule has 1 N–H and O–H groups in total. The Labute approximate surface area is 85.4 Å². The van der Waals surface area contributed by atoms with Crippen molar-refractivity contribution in [3.8, 4) is 11.5 Å². The summed E-state index contributed by atoms with van der Waals surface area (Å²) >= 11 is 0. The smallest absolute Gasteiger partial charge is 0.341 e. The Hall–Kier alpha value is -2.17. The summed E-state index contributed by atoms with van der Waals surface area (Å²) in [6, 6.07) is 3.53. The first-order chi connectivity index (χ1) is 7.18. The van der Waals surface area contributed by atoms with Crippen LogP contribution in [0.25, 0.3) is 11.5 Å². The lowest BCUT2D eigenvalue weighted by Crippen LogP contribution is -1.96. The summed E-state index contributed by atoms with van der Waals surface area (Å²) in [5.41, 5.74) is 1.48. The highest BCUT2D eigenvalue weighted by atomic mass is 16.5. The standard InChI is InChI=1S/C10H8N2O3/c1-6-2-3-8(11-4-6)9-7(10(13)14)5-12-15-9/h2-5H,1H3,(H,13,14). The van der Waals surface area contributed by atoms with E-state index in [0.717, 1.165) is 5.56 Å². The number of carboxylic acids is 1. The number of rotatable bonds is 2. The third-order valence-electron chi connectivity index (χ3n) is 1.94. The topological polar surface area (TPSA) is 76.2 Å². The van der Waals surface area contributed by atoms with Gasteiger partial charge in [0.2, 0.25) is 0 Å². The third kappa shape index (κ3) is 1.71. The second-order valence-electron chi connectivity index (χ2n) is 3.09. The molecule has 0 saturated carbocycles. The van der Waals surface area contributed by atoms with Crippen LogP contribution >= 0.6 is 0 Å². The number of carboxylic acid groups (broad SMARTS) is 1. The van der Waals surface area contributed by atoms with Crippen molar-refractivity contribution in [3.05, 3.63) is 35.7 Å². The fourth-order valence-electron chi connectivity index (χ4n) is 1.18. The van der Waals surface area contributed by atoms with E-state index in [1.165, 1.54) is 6.20 Å². The van der Waals surface area contributed by atoms with Gasteiger partial charge in [-0.3, -0.25) is 4.98 Å². The highest BCUT2D eigenvalue weighted by Gasteiger charge is 2.17. The van der Waals surface area contributed by atoms with Gasteiger partial charge in [0.05, 0.1) is 6.20 Å². The van der Waals surface area contributed by atoms with Gasteiger partial charge in [-0.25, -0.2) is 4.79 Å². The Kier molecular flexibility index (Phi) is 2.21. The Bertz CT molecular complexity index is 488. The predicted octanol–water partition coefficient (Wildman–Crippen LogP) is 1.74. The van der Waals surface area contributed by atoms with Crippen molar-refractivity contribution < 1.29 is 14.4 Å². The minimum Gasteiger partial charge on any atom is -0.477 e. The van der Waals surface area contributed by atoms with E-state index in [4.69, 9.17) is 9.63 Å². The summed E-state index contributed by atoms with van der Waals surface area (Å²) < 4.78 is 4.86. The Morgan fingerprint density at radius 2 is 2.20 bits per heavy atom. The van der Waals surface area contributed by atoms with Crippen molar-refractivity contribution in [1.29, 1.82) is 0 Å². The molecule has 0 saturated heterocycles. The van der Waals surface area contributed by atoms with E-state index in [1.807, 2.05) is 13.0 Å². The zero-order chi connectivity index (χ0) is 10.8. The molecule has 0 bridgehead atoms. The fraction of sp³-hybridized carbons (Fsp3) is 0.100. The summed E-state index contributed by atoms with van der Waals surface area (Å²) in [6.45, 7) is 1.90. The molecule has 0 atom stereocenters. The van der Waals surface area contributed by atoms with Crippen LogP contribution in [-0.2, 0) is 0 Å². The number of aryl methyl sites for hydroxylation is 1. The number of carbonyl (C=O) groups is 1. The van der Waals surface area contributed by atoms with E-state index < -0.39 is 5.97 Å². The third-order valence-corrected chi connectivity index (χ3v) is 1.94. The number of pyridine rings is 1. The number of nitrogens with zero attached hydrogens (tertiary/aromatic N) is 2. The van der Waals surface area contributed by atoms with E-state index in [9.17, 15) is 4.79 Å². The van der Waals surface area contributed by atoms with Crippen molar-refractivity contribution in [2.24, 2.45) is 0 Å². The highest BCUT2D eigenvalue weighted by Crippen LogP contribution is 2.21. The second kappa shape index (κ2) is 3.53. The molecule has 0 aliphatic heterocycles. The van der Waals surface area contributed by atoms with E-state index in [0.29, 0.717) is 5.69 Å². The lowest BCUT2D eigenvalue weighted by atomic mass is 10.2. The predicted molar refractivity (Wildman–Crippen MR) is 51.4 cm³/mol. The molecule has 76 valence electrons. The van der Waals surface area contributed by atoms with Gasteiger partial charge in [0.15, 0.2) is 5.76 Å². The zero-order valence-electron chi connectivity index (χ0n) is 7.97. The van der Waals surface area contributed by atoms with Gasteiger partial charge in [0.1, 0.15) is 11.3 Å². The first-order valence-corrected chi connectivity index (χ1v) is 4.29. The molecule has 2 aromatic rings. The lowest BCUT2D eigenvalue weighted by Gasteiger charge is -1.97. The molecule has 0 aliphatic rings. The van der Waals surface area contributed by atoms with Gasteiger partial charge in [-0.1, -0.05) is 11.2 Å². The average molecular weight is 204 g/mol. The summed E-state index contributed by atoms with van der Waals surface area (Å²) in [5.74, 6) is -0.892. The molecule has 5 nitrogen and oxygen atoms in total. The minimum atomic E-state index is -1.08. The number of hydrogen-bond acceptors (Lipinski definition) is 4. The van der Waals surface area contributed by atoms with E-state index in [1.54, 1.807) is 12.3 Å². The van der Waals surface area contributed by atoms with Gasteiger partial charge < -0.3 is 9.63 Å². The molecular weight excluding hydrogens is 196 g/mol. The lowest BCUT2D eigenvalue weighted by molar-refractivity contribution is 0.0697. The van der Waals surface area contributed by atoms with Gasteiger partial charge in [-0.2, -0.15) is 0 Å². The minimum absolute atomic E-state index is 0.0198. The first-order valence-electron chi connectivity index (χ1n) is 4.29. The van der Waals surface area contributed by atoms with Crippen molar-refractivity contribution >= 4 is 5.97 Å². The molecule has 0 aromatic carbocycles. The second-order valence-corrected chi connectivity index (χ2v) is 3.09. The van der Waals surface area contributed by atoms with Crippen LogP contribution in [0.15, 0.2) is 29.0 Å².